The van der Waals surface area contributed by atoms with Crippen LogP contribution in [0.3, 0.4) is 0 Å². The normalized spacial score (nSPS) is 9.08. The molecule has 2 heterocycles. The molecule has 0 saturated heterocycles. The number of nitrogens with zero attached hydrogens (tertiary/aromatic N) is 4. The fraction of sp³-hybridized carbons (Fsp3) is 0.444. The zero-order chi connectivity index (χ0) is 16.2. The summed E-state index contributed by atoms with van der Waals surface area (Å²) in [7, 11) is 0. The van der Waals surface area contributed by atoms with Crippen LogP contribution in [0.15, 0.2) is 62.8 Å². The molecule has 0 unspecified atom stereocenters. The summed E-state index contributed by atoms with van der Waals surface area (Å²) in [5, 5.41) is 0. The van der Waals surface area contributed by atoms with Crippen molar-refractivity contribution >= 4 is 0 Å². The van der Waals surface area contributed by atoms with E-state index in [2.05, 4.69) is 82.7 Å². The van der Waals surface area contributed by atoms with Crippen molar-refractivity contribution in [3.8, 4) is 0 Å². The van der Waals surface area contributed by atoms with Gasteiger partial charge >= 0.3 is 0 Å². The van der Waals surface area contributed by atoms with Crippen LogP contribution in [0, 0.1) is 0 Å². The summed E-state index contributed by atoms with van der Waals surface area (Å²) in [6.07, 6.45) is 18.7. The molecule has 0 bridgehead atoms. The standard InChI is InChI=1S/2C9H15N2.2HI/c2*1-3-5-10-7-8-11(9-10)6-4-2;;/h2*3,7-9H,1,4-6H2,2H3;2*1H/q2*+1;;/p-2. The Bertz CT molecular complexity index is 511. The summed E-state index contributed by atoms with van der Waals surface area (Å²) in [6, 6.07) is 0. The third-order valence-electron chi connectivity index (χ3n) is 3.14. The minimum Gasteiger partial charge on any atom is -1.00 e. The SMILES string of the molecule is C=CCn1cc[n+](CCC)c1.C=CCn1cc[n+](CCC)c1.[I-].[I-]. The number of imidazole rings is 2. The van der Waals surface area contributed by atoms with Crippen molar-refractivity contribution in [1.82, 2.24) is 9.13 Å². The second kappa shape index (κ2) is 15.9. The first kappa shape index (κ1) is 25.6. The highest BCUT2D eigenvalue weighted by atomic mass is 127. The lowest BCUT2D eigenvalue weighted by Crippen LogP contribution is -3.00. The molecular weight excluding hydrogens is 526 g/mol. The van der Waals surface area contributed by atoms with Crippen LogP contribution in [0.25, 0.3) is 0 Å². The molecule has 0 aromatic carbocycles. The first-order chi connectivity index (χ1) is 10.7. The highest BCUT2D eigenvalue weighted by Gasteiger charge is 1.99. The number of allylic oxidation sites excluding steroid dienone is 2. The van der Waals surface area contributed by atoms with Crippen molar-refractivity contribution in [2.45, 2.75) is 52.9 Å². The molecule has 0 aliphatic rings. The van der Waals surface area contributed by atoms with Gasteiger partial charge in [0.15, 0.2) is 0 Å². The second-order valence-corrected chi connectivity index (χ2v) is 5.27. The van der Waals surface area contributed by atoms with Gasteiger partial charge in [-0.15, -0.1) is 0 Å². The van der Waals surface area contributed by atoms with Crippen LogP contribution in [-0.2, 0) is 26.2 Å². The van der Waals surface area contributed by atoms with Crippen molar-refractivity contribution < 1.29 is 57.1 Å². The third kappa shape index (κ3) is 10.3. The number of aromatic nitrogens is 4. The topological polar surface area (TPSA) is 17.6 Å². The van der Waals surface area contributed by atoms with Crippen LogP contribution >= 0.6 is 0 Å². The van der Waals surface area contributed by atoms with Gasteiger partial charge in [-0.1, -0.05) is 39.2 Å². The first-order valence-corrected chi connectivity index (χ1v) is 8.04. The van der Waals surface area contributed by atoms with Gasteiger partial charge in [0.2, 0.25) is 12.7 Å². The Morgan fingerprint density at radius 2 is 1.17 bits per heavy atom. The minimum absolute atomic E-state index is 0. The molecule has 0 aliphatic carbocycles. The van der Waals surface area contributed by atoms with Gasteiger partial charge in [0.25, 0.3) is 0 Å². The average molecular weight is 556 g/mol. The first-order valence-electron chi connectivity index (χ1n) is 8.04. The molecule has 0 atom stereocenters. The number of rotatable bonds is 8. The Morgan fingerprint density at radius 3 is 1.46 bits per heavy atom. The Kier molecular flexibility index (Phi) is 16.9. The van der Waals surface area contributed by atoms with Crippen LogP contribution in [0.4, 0.5) is 0 Å². The fourth-order valence-electron chi connectivity index (χ4n) is 2.17. The maximum Gasteiger partial charge on any atom is 0.244 e. The van der Waals surface area contributed by atoms with E-state index < -0.39 is 0 Å². The highest BCUT2D eigenvalue weighted by Crippen LogP contribution is 1.86. The van der Waals surface area contributed by atoms with E-state index in [0.29, 0.717) is 0 Å². The smallest absolute Gasteiger partial charge is 0.244 e. The second-order valence-electron chi connectivity index (χ2n) is 5.27. The van der Waals surface area contributed by atoms with Gasteiger partial charge in [-0.2, -0.15) is 0 Å². The van der Waals surface area contributed by atoms with Crippen LogP contribution < -0.4 is 57.1 Å². The molecule has 0 amide bonds. The number of halogens is 2. The van der Waals surface area contributed by atoms with E-state index in [9.17, 15) is 0 Å². The third-order valence-corrected chi connectivity index (χ3v) is 3.14. The predicted molar refractivity (Wildman–Crippen MR) is 90.2 cm³/mol. The summed E-state index contributed by atoms with van der Waals surface area (Å²) in [4.78, 5) is 0. The van der Waals surface area contributed by atoms with Crippen molar-refractivity contribution in [3.05, 3.63) is 62.8 Å². The molecule has 0 saturated carbocycles. The molecule has 0 radical (unpaired) electrons. The van der Waals surface area contributed by atoms with Crippen molar-refractivity contribution in [2.24, 2.45) is 0 Å². The van der Waals surface area contributed by atoms with E-state index in [0.717, 1.165) is 26.2 Å². The Morgan fingerprint density at radius 1 is 0.792 bits per heavy atom. The fourth-order valence-corrected chi connectivity index (χ4v) is 2.17. The molecule has 0 fully saturated rings. The van der Waals surface area contributed by atoms with Gasteiger partial charge in [-0.05, 0) is 12.8 Å². The van der Waals surface area contributed by atoms with Crippen LogP contribution in [-0.4, -0.2) is 9.13 Å². The molecule has 0 spiro atoms. The minimum atomic E-state index is 0. The lowest BCUT2D eigenvalue weighted by Gasteiger charge is -1.88. The molecule has 0 N–H and O–H groups in total. The summed E-state index contributed by atoms with van der Waals surface area (Å²) in [5.41, 5.74) is 0. The number of aryl methyl sites for hydroxylation is 2. The zero-order valence-corrected chi connectivity index (χ0v) is 19.1. The summed E-state index contributed by atoms with van der Waals surface area (Å²) >= 11 is 0. The van der Waals surface area contributed by atoms with Gasteiger partial charge < -0.3 is 48.0 Å². The quantitative estimate of drug-likeness (QED) is 0.185. The van der Waals surface area contributed by atoms with Gasteiger partial charge in [0, 0.05) is 0 Å². The Hall–Kier alpha value is -0.640. The molecular formula is C18H30I2N4. The number of hydrogen-bond acceptors (Lipinski definition) is 0. The molecule has 136 valence electrons. The van der Waals surface area contributed by atoms with E-state index in [1.165, 1.54) is 12.8 Å². The van der Waals surface area contributed by atoms with E-state index >= 15 is 0 Å². The number of hydrogen-bond donors (Lipinski definition) is 0. The van der Waals surface area contributed by atoms with E-state index in [4.69, 9.17) is 0 Å². The highest BCUT2D eigenvalue weighted by molar-refractivity contribution is 4.74. The Labute approximate surface area is 180 Å². The van der Waals surface area contributed by atoms with E-state index in [1.807, 2.05) is 12.2 Å². The average Bonchev–Trinajstić information content (AvgIpc) is 3.12. The van der Waals surface area contributed by atoms with Gasteiger partial charge in [0.1, 0.15) is 37.9 Å². The molecule has 0 aliphatic heterocycles. The summed E-state index contributed by atoms with van der Waals surface area (Å²) in [6.45, 7) is 15.7. The lowest BCUT2D eigenvalue weighted by atomic mass is 10.5. The van der Waals surface area contributed by atoms with E-state index in [1.54, 1.807) is 0 Å². The van der Waals surface area contributed by atoms with Crippen molar-refractivity contribution in [1.29, 1.82) is 0 Å². The zero-order valence-electron chi connectivity index (χ0n) is 14.8. The largest absolute Gasteiger partial charge is 1.00 e. The van der Waals surface area contributed by atoms with Gasteiger partial charge in [-0.3, -0.25) is 0 Å². The van der Waals surface area contributed by atoms with Crippen LogP contribution in [0.2, 0.25) is 0 Å². The van der Waals surface area contributed by atoms with Crippen molar-refractivity contribution in [3.63, 3.8) is 0 Å². The molecule has 2 aromatic rings. The summed E-state index contributed by atoms with van der Waals surface area (Å²) in [5.74, 6) is 0. The Balaban J connectivity index is 0. The maximum atomic E-state index is 3.68. The molecule has 4 nitrogen and oxygen atoms in total. The molecule has 6 heteroatoms. The van der Waals surface area contributed by atoms with E-state index in [-0.39, 0.29) is 48.0 Å². The van der Waals surface area contributed by atoms with Crippen LogP contribution in [0.5, 0.6) is 0 Å². The monoisotopic (exact) mass is 556 g/mol. The van der Waals surface area contributed by atoms with Crippen molar-refractivity contribution in [2.75, 3.05) is 0 Å². The summed E-state index contributed by atoms with van der Waals surface area (Å²) < 4.78 is 8.60. The maximum absolute atomic E-state index is 3.68. The van der Waals surface area contributed by atoms with Gasteiger partial charge in [-0.25, -0.2) is 18.3 Å². The van der Waals surface area contributed by atoms with Gasteiger partial charge in [0.05, 0.1) is 13.1 Å². The van der Waals surface area contributed by atoms with Crippen LogP contribution in [0.1, 0.15) is 26.7 Å². The predicted octanol–water partition coefficient (Wildman–Crippen LogP) is -3.25. The molecule has 2 aromatic heterocycles. The molecule has 2 rings (SSSR count). The lowest BCUT2D eigenvalue weighted by molar-refractivity contribution is -0.696. The molecule has 24 heavy (non-hydrogen) atoms.